The first-order chi connectivity index (χ1) is 15.6. The number of hydrogen-bond donors (Lipinski definition) is 2. The molecule has 7 heteroatoms. The first-order valence-corrected chi connectivity index (χ1v) is 11.7. The molecule has 0 atom stereocenters. The number of para-hydroxylation sites is 1. The van der Waals surface area contributed by atoms with E-state index in [1.165, 1.54) is 5.39 Å². The van der Waals surface area contributed by atoms with Crippen molar-refractivity contribution in [2.75, 3.05) is 6.54 Å². The highest BCUT2D eigenvalue weighted by atomic mass is 35.5. The topological polar surface area (TPSA) is 49.8 Å². The van der Waals surface area contributed by atoms with Crippen LogP contribution in [0.1, 0.15) is 10.5 Å². The van der Waals surface area contributed by atoms with Gasteiger partial charge in [-0.2, -0.15) is 0 Å². The molecule has 160 valence electrons. The van der Waals surface area contributed by atoms with E-state index < -0.39 is 0 Å². The fourth-order valence-electron chi connectivity index (χ4n) is 3.73. The van der Waals surface area contributed by atoms with Crippen molar-refractivity contribution >= 4 is 62.7 Å². The summed E-state index contributed by atoms with van der Waals surface area (Å²) in [7, 11) is 0. The normalized spacial score (nSPS) is 11.3. The average molecular weight is 480 g/mol. The molecule has 0 fully saturated rings. The summed E-state index contributed by atoms with van der Waals surface area (Å²) in [6.45, 7) is 1.23. The monoisotopic (exact) mass is 479 g/mol. The highest BCUT2D eigenvalue weighted by Gasteiger charge is 2.14. The predicted molar refractivity (Wildman–Crippen MR) is 133 cm³/mol. The first kappa shape index (κ1) is 21.0. The summed E-state index contributed by atoms with van der Waals surface area (Å²) in [5, 5.41) is 6.46. The molecule has 0 saturated heterocycles. The van der Waals surface area contributed by atoms with Gasteiger partial charge in [-0.1, -0.05) is 53.2 Å². The molecule has 2 aromatic heterocycles. The molecule has 0 radical (unpaired) electrons. The van der Waals surface area contributed by atoms with Crippen molar-refractivity contribution in [3.05, 3.63) is 94.7 Å². The Balaban J connectivity index is 1.32. The van der Waals surface area contributed by atoms with Crippen molar-refractivity contribution in [2.24, 2.45) is 0 Å². The van der Waals surface area contributed by atoms with Crippen LogP contribution in [0.15, 0.2) is 88.8 Å². The molecule has 5 aromatic rings. The van der Waals surface area contributed by atoms with E-state index in [0.717, 1.165) is 26.2 Å². The van der Waals surface area contributed by atoms with Crippen LogP contribution < -0.4 is 5.32 Å². The van der Waals surface area contributed by atoms with Crippen LogP contribution in [-0.2, 0) is 6.54 Å². The predicted octanol–water partition coefficient (Wildman–Crippen LogP) is 7.01. The van der Waals surface area contributed by atoms with Gasteiger partial charge in [0.1, 0.15) is 5.69 Å². The fraction of sp³-hybridized carbons (Fsp3) is 0.0800. The zero-order valence-electron chi connectivity index (χ0n) is 16.9. The zero-order chi connectivity index (χ0) is 22.1. The van der Waals surface area contributed by atoms with E-state index >= 15 is 0 Å². The molecule has 0 saturated carbocycles. The standard InChI is InChI=1S/C25H19Cl2N3OS/c26-17-5-7-19(8-6-17)32-24-14-18(27)13-21-20(24)15-22(29-21)25(31)28-10-12-30-11-9-16-3-1-2-4-23(16)30/h1-9,11,13-15,29H,10,12H2,(H,28,31). The molecule has 0 bridgehead atoms. The number of halogens is 2. The summed E-state index contributed by atoms with van der Waals surface area (Å²) in [5.41, 5.74) is 2.50. The Kier molecular flexibility index (Phi) is 5.87. The molecule has 1 amide bonds. The van der Waals surface area contributed by atoms with Crippen LogP contribution in [0.3, 0.4) is 0 Å². The highest BCUT2D eigenvalue weighted by molar-refractivity contribution is 7.99. The highest BCUT2D eigenvalue weighted by Crippen LogP contribution is 2.36. The number of H-pyrrole nitrogens is 1. The van der Waals surface area contributed by atoms with E-state index in [1.54, 1.807) is 11.8 Å². The first-order valence-electron chi connectivity index (χ1n) is 10.1. The Hall–Kier alpha value is -2.86. The van der Waals surface area contributed by atoms with Gasteiger partial charge in [-0.25, -0.2) is 0 Å². The molecule has 5 rings (SSSR count). The molecular weight excluding hydrogens is 461 g/mol. The molecule has 0 aliphatic carbocycles. The molecule has 0 aliphatic rings. The van der Waals surface area contributed by atoms with Crippen molar-refractivity contribution in [1.82, 2.24) is 14.9 Å². The lowest BCUT2D eigenvalue weighted by Gasteiger charge is -2.07. The third-order valence-corrected chi connectivity index (χ3v) is 6.81. The van der Waals surface area contributed by atoms with Gasteiger partial charge in [0.2, 0.25) is 0 Å². The van der Waals surface area contributed by atoms with E-state index in [-0.39, 0.29) is 5.91 Å². The number of carbonyl (C=O) groups is 1. The fourth-order valence-corrected chi connectivity index (χ4v) is 5.13. The quantitative estimate of drug-likeness (QED) is 0.275. The largest absolute Gasteiger partial charge is 0.350 e. The number of amides is 1. The van der Waals surface area contributed by atoms with Gasteiger partial charge >= 0.3 is 0 Å². The smallest absolute Gasteiger partial charge is 0.267 e. The number of benzene rings is 3. The van der Waals surface area contributed by atoms with Gasteiger partial charge in [0.05, 0.1) is 0 Å². The third-order valence-electron chi connectivity index (χ3n) is 5.27. The van der Waals surface area contributed by atoms with Crippen LogP contribution in [0.4, 0.5) is 0 Å². The second-order valence-corrected chi connectivity index (χ2v) is 9.42. The third kappa shape index (κ3) is 4.37. The number of nitrogens with zero attached hydrogens (tertiary/aromatic N) is 1. The average Bonchev–Trinajstić information content (AvgIpc) is 3.40. The van der Waals surface area contributed by atoms with Crippen molar-refractivity contribution in [3.63, 3.8) is 0 Å². The second-order valence-electron chi connectivity index (χ2n) is 7.43. The molecule has 0 aliphatic heterocycles. The van der Waals surface area contributed by atoms with E-state index in [2.05, 4.69) is 33.1 Å². The minimum absolute atomic E-state index is 0.142. The van der Waals surface area contributed by atoms with E-state index in [4.69, 9.17) is 23.2 Å². The molecule has 4 nitrogen and oxygen atoms in total. The lowest BCUT2D eigenvalue weighted by molar-refractivity contribution is 0.0948. The van der Waals surface area contributed by atoms with E-state index in [1.807, 2.05) is 60.8 Å². The van der Waals surface area contributed by atoms with Crippen LogP contribution in [0.2, 0.25) is 10.0 Å². The summed E-state index contributed by atoms with van der Waals surface area (Å²) in [5.74, 6) is -0.142. The number of rotatable bonds is 6. The number of fused-ring (bicyclic) bond motifs is 2. The number of nitrogens with one attached hydrogen (secondary N) is 2. The Morgan fingerprint density at radius 2 is 1.78 bits per heavy atom. The number of carbonyl (C=O) groups excluding carboxylic acids is 1. The van der Waals surface area contributed by atoms with Crippen molar-refractivity contribution in [1.29, 1.82) is 0 Å². The zero-order valence-corrected chi connectivity index (χ0v) is 19.3. The summed E-state index contributed by atoms with van der Waals surface area (Å²) in [4.78, 5) is 18.0. The maximum atomic E-state index is 12.8. The van der Waals surface area contributed by atoms with Crippen LogP contribution >= 0.6 is 35.0 Å². The minimum atomic E-state index is -0.142. The van der Waals surface area contributed by atoms with E-state index in [9.17, 15) is 4.79 Å². The minimum Gasteiger partial charge on any atom is -0.350 e. The Morgan fingerprint density at radius 1 is 0.969 bits per heavy atom. The molecule has 32 heavy (non-hydrogen) atoms. The second kappa shape index (κ2) is 8.94. The van der Waals surface area contributed by atoms with E-state index in [0.29, 0.717) is 28.8 Å². The Morgan fingerprint density at radius 3 is 2.62 bits per heavy atom. The SMILES string of the molecule is O=C(NCCn1ccc2ccccc21)c1cc2c(Sc3ccc(Cl)cc3)cc(Cl)cc2[nH]1. The summed E-state index contributed by atoms with van der Waals surface area (Å²) < 4.78 is 2.14. The van der Waals surface area contributed by atoms with Crippen LogP contribution in [0.5, 0.6) is 0 Å². The molecule has 2 heterocycles. The molecule has 0 unspecified atom stereocenters. The molecular formula is C25H19Cl2N3OS. The van der Waals surface area contributed by atoms with Gasteiger partial charge in [0.15, 0.2) is 0 Å². The van der Waals surface area contributed by atoms with Crippen molar-refractivity contribution in [2.45, 2.75) is 16.3 Å². The van der Waals surface area contributed by atoms with Gasteiger partial charge < -0.3 is 14.9 Å². The maximum Gasteiger partial charge on any atom is 0.267 e. The number of aromatic amines is 1. The summed E-state index contributed by atoms with van der Waals surface area (Å²) >= 11 is 13.9. The van der Waals surface area contributed by atoms with Gasteiger partial charge in [-0.05, 0) is 60.0 Å². The van der Waals surface area contributed by atoms with Gasteiger partial charge in [-0.15, -0.1) is 0 Å². The van der Waals surface area contributed by atoms with Crippen LogP contribution in [0, 0.1) is 0 Å². The Labute approximate surface area is 199 Å². The number of hydrogen-bond acceptors (Lipinski definition) is 2. The number of aromatic nitrogens is 2. The van der Waals surface area contributed by atoms with Crippen LogP contribution in [-0.4, -0.2) is 22.0 Å². The van der Waals surface area contributed by atoms with Gasteiger partial charge in [-0.3, -0.25) is 4.79 Å². The lowest BCUT2D eigenvalue weighted by atomic mass is 10.2. The van der Waals surface area contributed by atoms with Crippen molar-refractivity contribution < 1.29 is 4.79 Å². The Bertz CT molecular complexity index is 1420. The molecule has 2 N–H and O–H groups in total. The van der Waals surface area contributed by atoms with Crippen molar-refractivity contribution in [3.8, 4) is 0 Å². The summed E-state index contributed by atoms with van der Waals surface area (Å²) in [6, 6.07) is 23.6. The van der Waals surface area contributed by atoms with Gasteiger partial charge in [0, 0.05) is 55.5 Å². The lowest BCUT2D eigenvalue weighted by Crippen LogP contribution is -2.27. The molecule has 0 spiro atoms. The summed E-state index contributed by atoms with van der Waals surface area (Å²) in [6.07, 6.45) is 2.04. The van der Waals surface area contributed by atoms with Crippen LogP contribution in [0.25, 0.3) is 21.8 Å². The maximum absolute atomic E-state index is 12.8. The molecule has 3 aromatic carbocycles. The van der Waals surface area contributed by atoms with Gasteiger partial charge in [0.25, 0.3) is 5.91 Å².